The molecule has 0 radical (unpaired) electrons. The van der Waals surface area contributed by atoms with Gasteiger partial charge in [-0.3, -0.25) is 4.90 Å². The predicted octanol–water partition coefficient (Wildman–Crippen LogP) is 1.92. The number of nitrogens with zero attached hydrogens (tertiary/aromatic N) is 1. The minimum Gasteiger partial charge on any atom is -0.450 e. The first-order chi connectivity index (χ1) is 5.75. The highest BCUT2D eigenvalue weighted by atomic mass is 19.1. The predicted molar refractivity (Wildman–Crippen MR) is 42.5 cm³/mol. The fourth-order valence-corrected chi connectivity index (χ4v) is 1.30. The van der Waals surface area contributed by atoms with Gasteiger partial charge in [0.2, 0.25) is 0 Å². The molecule has 1 amide bonds. The van der Waals surface area contributed by atoms with Crippen molar-refractivity contribution < 1.29 is 13.9 Å². The lowest BCUT2D eigenvalue weighted by atomic mass is 10.1. The molecule has 1 saturated heterocycles. The van der Waals surface area contributed by atoms with Crippen LogP contribution in [-0.2, 0) is 4.74 Å². The lowest BCUT2D eigenvalue weighted by Gasteiger charge is -2.29. The number of rotatable bonds is 1. The van der Waals surface area contributed by atoms with Crippen LogP contribution in [0.2, 0.25) is 0 Å². The first-order valence-electron chi connectivity index (χ1n) is 4.33. The summed E-state index contributed by atoms with van der Waals surface area (Å²) in [6.45, 7) is 2.51. The largest absolute Gasteiger partial charge is 0.450 e. The molecule has 4 heteroatoms. The molecule has 0 N–H and O–H groups in total. The fourth-order valence-electron chi connectivity index (χ4n) is 1.30. The number of ether oxygens (including phenoxy) is 1. The molecule has 0 bridgehead atoms. The van der Waals surface area contributed by atoms with Gasteiger partial charge in [0, 0.05) is 6.54 Å². The van der Waals surface area contributed by atoms with E-state index in [1.165, 1.54) is 0 Å². The molecule has 0 aromatic heterocycles. The van der Waals surface area contributed by atoms with Crippen LogP contribution in [-0.4, -0.2) is 30.4 Å². The summed E-state index contributed by atoms with van der Waals surface area (Å²) < 4.78 is 17.7. The van der Waals surface area contributed by atoms with Crippen molar-refractivity contribution >= 4 is 6.09 Å². The molecule has 1 rings (SSSR count). The molecule has 1 aliphatic rings. The average Bonchev–Trinajstić information content (AvgIpc) is 2.05. The quantitative estimate of drug-likeness (QED) is 0.570. The second-order valence-electron chi connectivity index (χ2n) is 2.82. The van der Waals surface area contributed by atoms with E-state index in [0.29, 0.717) is 19.6 Å². The molecule has 0 saturated carbocycles. The molecular weight excluding hydrogens is 161 g/mol. The van der Waals surface area contributed by atoms with Gasteiger partial charge in [0.15, 0.2) is 6.30 Å². The van der Waals surface area contributed by atoms with E-state index in [4.69, 9.17) is 4.74 Å². The number of carbonyl (C=O) groups excluding carboxylic acids is 1. The number of halogens is 1. The zero-order valence-electron chi connectivity index (χ0n) is 7.25. The molecule has 1 unspecified atom stereocenters. The number of amides is 1. The smallest absolute Gasteiger partial charge is 0.412 e. The van der Waals surface area contributed by atoms with Crippen LogP contribution in [0.1, 0.15) is 26.2 Å². The van der Waals surface area contributed by atoms with E-state index in [-0.39, 0.29) is 0 Å². The first-order valence-corrected chi connectivity index (χ1v) is 4.33. The van der Waals surface area contributed by atoms with Gasteiger partial charge in [-0.25, -0.2) is 9.18 Å². The van der Waals surface area contributed by atoms with Crippen LogP contribution in [0.5, 0.6) is 0 Å². The van der Waals surface area contributed by atoms with Gasteiger partial charge < -0.3 is 4.74 Å². The van der Waals surface area contributed by atoms with E-state index in [0.717, 1.165) is 17.7 Å². The second kappa shape index (κ2) is 4.28. The Morgan fingerprint density at radius 1 is 1.67 bits per heavy atom. The van der Waals surface area contributed by atoms with E-state index < -0.39 is 12.4 Å². The topological polar surface area (TPSA) is 29.5 Å². The van der Waals surface area contributed by atoms with Crippen molar-refractivity contribution in [2.45, 2.75) is 32.5 Å². The summed E-state index contributed by atoms with van der Waals surface area (Å²) in [4.78, 5) is 12.2. The molecular formula is C8H14FNO2. The van der Waals surface area contributed by atoms with Crippen LogP contribution in [0.25, 0.3) is 0 Å². The monoisotopic (exact) mass is 175 g/mol. The third-order valence-electron chi connectivity index (χ3n) is 1.93. The van der Waals surface area contributed by atoms with E-state index in [2.05, 4.69) is 0 Å². The summed E-state index contributed by atoms with van der Waals surface area (Å²) in [6, 6.07) is 0. The van der Waals surface area contributed by atoms with Crippen LogP contribution in [0.15, 0.2) is 0 Å². The number of piperidine rings is 1. The summed E-state index contributed by atoms with van der Waals surface area (Å²) in [7, 11) is 0. The van der Waals surface area contributed by atoms with Gasteiger partial charge in [-0.05, 0) is 26.2 Å². The van der Waals surface area contributed by atoms with Crippen LogP contribution >= 0.6 is 0 Å². The number of likely N-dealkylation sites (tertiary alicyclic amines) is 1. The zero-order chi connectivity index (χ0) is 8.97. The molecule has 0 aromatic rings. The number of carbonyl (C=O) groups is 1. The van der Waals surface area contributed by atoms with E-state index in [1.54, 1.807) is 6.92 Å². The zero-order valence-corrected chi connectivity index (χ0v) is 7.25. The Labute approximate surface area is 71.5 Å². The first kappa shape index (κ1) is 9.29. The van der Waals surface area contributed by atoms with Crippen molar-refractivity contribution in [1.29, 1.82) is 0 Å². The van der Waals surface area contributed by atoms with Crippen LogP contribution in [0.4, 0.5) is 9.18 Å². The molecule has 1 heterocycles. The van der Waals surface area contributed by atoms with Crippen molar-refractivity contribution in [3.8, 4) is 0 Å². The molecule has 12 heavy (non-hydrogen) atoms. The molecule has 3 nitrogen and oxygen atoms in total. The van der Waals surface area contributed by atoms with Gasteiger partial charge in [-0.2, -0.15) is 0 Å². The molecule has 1 aliphatic heterocycles. The van der Waals surface area contributed by atoms with Crippen molar-refractivity contribution in [3.05, 3.63) is 0 Å². The highest BCUT2D eigenvalue weighted by Gasteiger charge is 2.26. The van der Waals surface area contributed by atoms with Gasteiger partial charge in [0.05, 0.1) is 6.61 Å². The Morgan fingerprint density at radius 3 is 3.00 bits per heavy atom. The fraction of sp³-hybridized carbons (Fsp3) is 0.875. The normalized spacial score (nSPS) is 23.8. The van der Waals surface area contributed by atoms with Gasteiger partial charge in [0.25, 0.3) is 0 Å². The average molecular weight is 175 g/mol. The summed E-state index contributed by atoms with van der Waals surface area (Å²) in [6.07, 6.45) is 0.511. The van der Waals surface area contributed by atoms with Gasteiger partial charge in [-0.15, -0.1) is 0 Å². The SMILES string of the molecule is CCOC(=O)N1CCCCC1F. The van der Waals surface area contributed by atoms with Crippen LogP contribution < -0.4 is 0 Å². The van der Waals surface area contributed by atoms with E-state index >= 15 is 0 Å². The Bertz CT molecular complexity index is 163. The maximum atomic E-state index is 13.0. The lowest BCUT2D eigenvalue weighted by Crippen LogP contribution is -2.41. The van der Waals surface area contributed by atoms with Crippen molar-refractivity contribution in [1.82, 2.24) is 4.90 Å². The lowest BCUT2D eigenvalue weighted by molar-refractivity contribution is 0.0302. The molecule has 1 atom stereocenters. The third-order valence-corrected chi connectivity index (χ3v) is 1.93. The molecule has 1 fully saturated rings. The number of hydrogen-bond acceptors (Lipinski definition) is 2. The Morgan fingerprint density at radius 2 is 2.42 bits per heavy atom. The molecule has 0 aliphatic carbocycles. The number of hydrogen-bond donors (Lipinski definition) is 0. The molecule has 70 valence electrons. The standard InChI is InChI=1S/C8H14FNO2/c1-2-12-8(11)10-6-4-3-5-7(10)9/h7H,2-6H2,1H3. The maximum absolute atomic E-state index is 13.0. The van der Waals surface area contributed by atoms with Gasteiger partial charge in [0.1, 0.15) is 0 Å². The number of alkyl halides is 1. The Hall–Kier alpha value is -0.800. The van der Waals surface area contributed by atoms with Crippen LogP contribution in [0, 0.1) is 0 Å². The molecule has 0 spiro atoms. The van der Waals surface area contributed by atoms with Gasteiger partial charge >= 0.3 is 6.09 Å². The maximum Gasteiger partial charge on any atom is 0.412 e. The molecule has 0 aromatic carbocycles. The summed E-state index contributed by atoms with van der Waals surface area (Å²) in [5.74, 6) is 0. The summed E-state index contributed by atoms with van der Waals surface area (Å²) in [5.41, 5.74) is 0. The van der Waals surface area contributed by atoms with Gasteiger partial charge in [-0.1, -0.05) is 0 Å². The van der Waals surface area contributed by atoms with Crippen LogP contribution in [0.3, 0.4) is 0 Å². The Kier molecular flexibility index (Phi) is 3.31. The third kappa shape index (κ3) is 2.09. The minimum atomic E-state index is -1.14. The Balaban J connectivity index is 2.42. The van der Waals surface area contributed by atoms with Crippen molar-refractivity contribution in [3.63, 3.8) is 0 Å². The summed E-state index contributed by atoms with van der Waals surface area (Å²) in [5, 5.41) is 0. The van der Waals surface area contributed by atoms with Crippen molar-refractivity contribution in [2.75, 3.05) is 13.2 Å². The highest BCUT2D eigenvalue weighted by Crippen LogP contribution is 2.18. The highest BCUT2D eigenvalue weighted by molar-refractivity contribution is 5.67. The minimum absolute atomic E-state index is 0.308. The summed E-state index contributed by atoms with van der Waals surface area (Å²) >= 11 is 0. The van der Waals surface area contributed by atoms with E-state index in [9.17, 15) is 9.18 Å². The van der Waals surface area contributed by atoms with E-state index in [1.807, 2.05) is 0 Å². The van der Waals surface area contributed by atoms with Crippen molar-refractivity contribution in [2.24, 2.45) is 0 Å². The second-order valence-corrected chi connectivity index (χ2v) is 2.82.